The summed E-state index contributed by atoms with van der Waals surface area (Å²) in [5, 5.41) is 3.62. The van der Waals surface area contributed by atoms with Crippen molar-refractivity contribution in [2.24, 2.45) is 7.05 Å². The molecule has 10 nitrogen and oxygen atoms in total. The van der Waals surface area contributed by atoms with Gasteiger partial charge >= 0.3 is 6.18 Å². The maximum absolute atomic E-state index is 14.1. The number of anilines is 2. The highest BCUT2D eigenvalue weighted by atomic mass is 32.2. The summed E-state index contributed by atoms with van der Waals surface area (Å²) in [5.74, 6) is -0.00361. The lowest BCUT2D eigenvalue weighted by molar-refractivity contribution is -0.153. The number of rotatable bonds is 4. The number of hydrogen-bond acceptors (Lipinski definition) is 7. The van der Waals surface area contributed by atoms with E-state index in [1.165, 1.54) is 31.4 Å². The molecule has 4 rings (SSSR count). The van der Waals surface area contributed by atoms with Crippen LogP contribution in [0, 0.1) is 0 Å². The lowest BCUT2D eigenvalue weighted by Crippen LogP contribution is -2.60. The molecule has 2 saturated heterocycles. The van der Waals surface area contributed by atoms with Crippen molar-refractivity contribution >= 4 is 21.5 Å². The number of aromatic amines is 1. The third-order valence-electron chi connectivity index (χ3n) is 5.92. The number of piperazine rings is 1. The fraction of sp³-hybridized carbons (Fsp3) is 0.579. The predicted molar refractivity (Wildman–Crippen MR) is 114 cm³/mol. The van der Waals surface area contributed by atoms with E-state index in [9.17, 15) is 26.4 Å². The van der Waals surface area contributed by atoms with Crippen molar-refractivity contribution in [3.8, 4) is 0 Å². The third-order valence-corrected chi connectivity index (χ3v) is 7.87. The Kier molecular flexibility index (Phi) is 6.18. The second-order valence-electron chi connectivity index (χ2n) is 8.11. The molecule has 2 aliphatic heterocycles. The Labute approximate surface area is 188 Å². The first-order valence-corrected chi connectivity index (χ1v) is 11.8. The number of H-pyrrole nitrogens is 1. The van der Waals surface area contributed by atoms with Gasteiger partial charge in [-0.25, -0.2) is 8.42 Å². The summed E-state index contributed by atoms with van der Waals surface area (Å²) in [6.07, 6.45) is -3.47. The standard InChI is InChI=1S/C19H25F3N6O4S/c1-13-12-32-8-7-27(13)14-9-16(24-17(29)10-14)28-6-5-26(11-15(28)19(20,21)22)33(30,31)18-3-4-23-25(18)2/h3-4,9-10,13,15H,5-8,11-12H2,1-2H3,(H,24,29)/t13-,15+/m1/s1. The SMILES string of the molecule is C[C@@H]1COCCN1c1cc(N2CCN(S(=O)(=O)c3ccnn3C)C[C@H]2C(F)(F)F)[nH]c(=O)c1. The van der Waals surface area contributed by atoms with Gasteiger partial charge in [0.15, 0.2) is 5.03 Å². The number of nitrogens with one attached hydrogen (secondary N) is 1. The van der Waals surface area contributed by atoms with E-state index in [4.69, 9.17) is 4.74 Å². The zero-order valence-corrected chi connectivity index (χ0v) is 18.9. The van der Waals surface area contributed by atoms with Gasteiger partial charge in [-0.2, -0.15) is 22.6 Å². The molecule has 0 bridgehead atoms. The monoisotopic (exact) mass is 490 g/mol. The molecule has 2 aliphatic rings. The first kappa shape index (κ1) is 23.6. The molecule has 0 aromatic carbocycles. The summed E-state index contributed by atoms with van der Waals surface area (Å²) in [6, 6.07) is 1.91. The van der Waals surface area contributed by atoms with E-state index in [0.717, 1.165) is 13.9 Å². The number of alkyl halides is 3. The summed E-state index contributed by atoms with van der Waals surface area (Å²) in [7, 11) is -2.77. The van der Waals surface area contributed by atoms with Crippen molar-refractivity contribution in [3.05, 3.63) is 34.7 Å². The summed E-state index contributed by atoms with van der Waals surface area (Å²) < 4.78 is 75.4. The minimum atomic E-state index is -4.74. The highest BCUT2D eigenvalue weighted by Crippen LogP contribution is 2.33. The molecule has 0 amide bonds. The summed E-state index contributed by atoms with van der Waals surface area (Å²) in [4.78, 5) is 17.8. The Morgan fingerprint density at radius 2 is 1.94 bits per heavy atom. The molecular formula is C19H25F3N6O4S. The predicted octanol–water partition coefficient (Wildman–Crippen LogP) is 0.775. The smallest absolute Gasteiger partial charge is 0.377 e. The van der Waals surface area contributed by atoms with Crippen LogP contribution in [0.25, 0.3) is 0 Å². The van der Waals surface area contributed by atoms with Crippen LogP contribution in [0.5, 0.6) is 0 Å². The first-order chi connectivity index (χ1) is 15.5. The zero-order valence-electron chi connectivity index (χ0n) is 18.1. The molecule has 0 spiro atoms. The molecular weight excluding hydrogens is 465 g/mol. The van der Waals surface area contributed by atoms with Crippen molar-refractivity contribution in [1.82, 2.24) is 19.1 Å². The summed E-state index contributed by atoms with van der Waals surface area (Å²) >= 11 is 0. The van der Waals surface area contributed by atoms with Gasteiger partial charge in [0.1, 0.15) is 11.9 Å². The molecule has 14 heteroatoms. The van der Waals surface area contributed by atoms with Gasteiger partial charge in [0.05, 0.1) is 19.4 Å². The van der Waals surface area contributed by atoms with Crippen molar-refractivity contribution < 1.29 is 26.3 Å². The average Bonchev–Trinajstić information content (AvgIpc) is 3.19. The maximum Gasteiger partial charge on any atom is 0.410 e. The van der Waals surface area contributed by atoms with Gasteiger partial charge in [-0.15, -0.1) is 0 Å². The van der Waals surface area contributed by atoms with Gasteiger partial charge in [0.2, 0.25) is 0 Å². The van der Waals surface area contributed by atoms with Gasteiger partial charge in [-0.1, -0.05) is 0 Å². The molecule has 33 heavy (non-hydrogen) atoms. The maximum atomic E-state index is 14.1. The molecule has 182 valence electrons. The number of aromatic nitrogens is 3. The summed E-state index contributed by atoms with van der Waals surface area (Å²) in [6.45, 7) is 2.06. The quantitative estimate of drug-likeness (QED) is 0.676. The van der Waals surface area contributed by atoms with Crippen LogP contribution in [0.2, 0.25) is 0 Å². The van der Waals surface area contributed by atoms with Gasteiger partial charge in [-0.3, -0.25) is 9.48 Å². The lowest BCUT2D eigenvalue weighted by Gasteiger charge is -2.42. The Hall–Kier alpha value is -2.58. The molecule has 0 unspecified atom stereocenters. The fourth-order valence-corrected chi connectivity index (χ4v) is 5.78. The van der Waals surface area contributed by atoms with E-state index in [1.807, 2.05) is 11.8 Å². The molecule has 2 aromatic rings. The largest absolute Gasteiger partial charge is 0.410 e. The van der Waals surface area contributed by atoms with Crippen molar-refractivity contribution in [1.29, 1.82) is 0 Å². The Morgan fingerprint density at radius 3 is 2.58 bits per heavy atom. The number of ether oxygens (including phenoxy) is 1. The molecule has 2 aromatic heterocycles. The van der Waals surface area contributed by atoms with Crippen LogP contribution in [0.3, 0.4) is 0 Å². The van der Waals surface area contributed by atoms with Crippen LogP contribution in [0.4, 0.5) is 24.7 Å². The topological polar surface area (TPSA) is 104 Å². The first-order valence-electron chi connectivity index (χ1n) is 10.4. The molecule has 0 saturated carbocycles. The van der Waals surface area contributed by atoms with E-state index in [-0.39, 0.29) is 30.0 Å². The number of aryl methyl sites for hydroxylation is 1. The second-order valence-corrected chi connectivity index (χ2v) is 10.00. The molecule has 0 radical (unpaired) electrons. The van der Waals surface area contributed by atoms with Crippen LogP contribution in [-0.2, 0) is 21.8 Å². The minimum absolute atomic E-state index is 0.00361. The molecule has 2 atom stereocenters. The lowest BCUT2D eigenvalue weighted by atomic mass is 10.1. The van der Waals surface area contributed by atoms with Crippen molar-refractivity contribution in [2.75, 3.05) is 49.2 Å². The molecule has 2 fully saturated rings. The Morgan fingerprint density at radius 1 is 1.18 bits per heavy atom. The van der Waals surface area contributed by atoms with E-state index < -0.39 is 34.3 Å². The van der Waals surface area contributed by atoms with Crippen LogP contribution in [0.15, 0.2) is 34.2 Å². The zero-order chi connectivity index (χ0) is 24.0. The normalized spacial score (nSPS) is 23.2. The summed E-state index contributed by atoms with van der Waals surface area (Å²) in [5.41, 5.74) is -0.0394. The third kappa shape index (κ3) is 4.59. The fourth-order valence-electron chi connectivity index (χ4n) is 4.24. The Bertz CT molecular complexity index is 1160. The highest BCUT2D eigenvalue weighted by molar-refractivity contribution is 7.89. The van der Waals surface area contributed by atoms with Gasteiger partial charge < -0.3 is 19.5 Å². The molecule has 1 N–H and O–H groups in total. The molecule has 0 aliphatic carbocycles. The van der Waals surface area contributed by atoms with Crippen LogP contribution < -0.4 is 15.4 Å². The van der Waals surface area contributed by atoms with Crippen LogP contribution in [-0.4, -0.2) is 85.1 Å². The highest BCUT2D eigenvalue weighted by Gasteiger charge is 2.49. The van der Waals surface area contributed by atoms with Crippen molar-refractivity contribution in [3.63, 3.8) is 0 Å². The van der Waals surface area contributed by atoms with E-state index >= 15 is 0 Å². The number of hydrogen-bond donors (Lipinski definition) is 1. The van der Waals surface area contributed by atoms with Gasteiger partial charge in [0.25, 0.3) is 15.6 Å². The second kappa shape index (κ2) is 8.65. The number of sulfonamides is 1. The van der Waals surface area contributed by atoms with E-state index in [2.05, 4.69) is 10.1 Å². The number of nitrogens with zero attached hydrogens (tertiary/aromatic N) is 5. The number of halogens is 3. The minimum Gasteiger partial charge on any atom is -0.377 e. The van der Waals surface area contributed by atoms with Crippen LogP contribution >= 0.6 is 0 Å². The Balaban J connectivity index is 1.66. The van der Waals surface area contributed by atoms with E-state index in [0.29, 0.717) is 25.4 Å². The molecule has 4 heterocycles. The van der Waals surface area contributed by atoms with Crippen molar-refractivity contribution in [2.45, 2.75) is 30.2 Å². The van der Waals surface area contributed by atoms with Gasteiger partial charge in [-0.05, 0) is 13.0 Å². The number of morpholine rings is 1. The van der Waals surface area contributed by atoms with E-state index in [1.54, 1.807) is 0 Å². The average molecular weight is 491 g/mol. The van der Waals surface area contributed by atoms with Gasteiger partial charge in [0, 0.05) is 57.1 Å². The van der Waals surface area contributed by atoms with Crippen LogP contribution in [0.1, 0.15) is 6.92 Å². The number of pyridine rings is 1.